The molecule has 4 heteroatoms. The van der Waals surface area contributed by atoms with Gasteiger partial charge in [-0.15, -0.1) is 0 Å². The van der Waals surface area contributed by atoms with Gasteiger partial charge in [0.15, 0.2) is 11.3 Å². The van der Waals surface area contributed by atoms with Crippen LogP contribution in [0.4, 0.5) is 5.69 Å². The second-order valence-corrected chi connectivity index (χ2v) is 7.92. The molecule has 0 atom stereocenters. The van der Waals surface area contributed by atoms with E-state index in [2.05, 4.69) is 71.1 Å². The first-order valence-electron chi connectivity index (χ1n) is 9.55. The summed E-state index contributed by atoms with van der Waals surface area (Å²) in [6, 6.07) is 8.50. The highest BCUT2D eigenvalue weighted by Crippen LogP contribution is 2.42. The first kappa shape index (κ1) is 17.7. The molecule has 2 heterocycles. The zero-order valence-corrected chi connectivity index (χ0v) is 16.8. The van der Waals surface area contributed by atoms with Crippen molar-refractivity contribution in [2.24, 2.45) is 0 Å². The Balaban J connectivity index is 1.75. The fraction of sp³-hybridized carbons (Fsp3) is 0.348. The average Bonchev–Trinajstić information content (AvgIpc) is 3.20. The number of aromatic nitrogens is 1. The fourth-order valence-electron chi connectivity index (χ4n) is 3.54. The standard InChI is InChI=1S/C23H26N2O2/c1-12(2)16-9-7-14(5)20-22(16)26-18(24-20)11-19-25-21-15(6)8-10-17(13(3)4)23(21)27-19/h7-13,24H,1-6H3/b18-11+. The van der Waals surface area contributed by atoms with Crippen LogP contribution in [0, 0.1) is 13.8 Å². The highest BCUT2D eigenvalue weighted by molar-refractivity contribution is 5.82. The number of hydrogen-bond donors (Lipinski definition) is 1. The summed E-state index contributed by atoms with van der Waals surface area (Å²) in [6.07, 6.45) is 1.84. The number of fused-ring (bicyclic) bond motifs is 2. The lowest BCUT2D eigenvalue weighted by atomic mass is 9.99. The Morgan fingerprint density at radius 2 is 1.59 bits per heavy atom. The van der Waals surface area contributed by atoms with Gasteiger partial charge in [0.1, 0.15) is 5.52 Å². The molecule has 0 bridgehead atoms. The SMILES string of the molecule is Cc1ccc(C(C)C)c2c1N/C(=C\c1nc3c(C)ccc(C(C)C)c3o1)O2. The van der Waals surface area contributed by atoms with Crippen molar-refractivity contribution in [3.8, 4) is 5.75 Å². The molecule has 0 saturated carbocycles. The molecule has 1 aromatic heterocycles. The molecule has 0 radical (unpaired) electrons. The molecule has 0 fully saturated rings. The molecule has 0 spiro atoms. The second kappa shape index (κ2) is 6.45. The van der Waals surface area contributed by atoms with E-state index in [1.165, 1.54) is 11.1 Å². The van der Waals surface area contributed by atoms with Gasteiger partial charge in [-0.1, -0.05) is 52.0 Å². The van der Waals surface area contributed by atoms with Gasteiger partial charge in [0.25, 0.3) is 0 Å². The van der Waals surface area contributed by atoms with Gasteiger partial charge in [-0.25, -0.2) is 4.98 Å². The maximum atomic E-state index is 6.14. The van der Waals surface area contributed by atoms with Crippen LogP contribution >= 0.6 is 0 Å². The van der Waals surface area contributed by atoms with Crippen LogP contribution in [0.3, 0.4) is 0 Å². The summed E-state index contributed by atoms with van der Waals surface area (Å²) >= 11 is 0. The quantitative estimate of drug-likeness (QED) is 0.578. The molecular weight excluding hydrogens is 336 g/mol. The molecule has 4 rings (SSSR count). The average molecular weight is 362 g/mol. The first-order chi connectivity index (χ1) is 12.8. The summed E-state index contributed by atoms with van der Waals surface area (Å²) in [5.74, 6) is 2.88. The number of hydrogen-bond acceptors (Lipinski definition) is 4. The number of benzene rings is 2. The lowest BCUT2D eigenvalue weighted by Crippen LogP contribution is -1.97. The van der Waals surface area contributed by atoms with Gasteiger partial charge in [0.2, 0.25) is 11.8 Å². The zero-order chi connectivity index (χ0) is 19.3. The third kappa shape index (κ3) is 2.99. The van der Waals surface area contributed by atoms with Crippen molar-refractivity contribution in [1.29, 1.82) is 0 Å². The van der Waals surface area contributed by atoms with Crippen molar-refractivity contribution in [1.82, 2.24) is 4.98 Å². The molecule has 2 aromatic carbocycles. The van der Waals surface area contributed by atoms with Gasteiger partial charge >= 0.3 is 0 Å². The topological polar surface area (TPSA) is 47.3 Å². The smallest absolute Gasteiger partial charge is 0.225 e. The van der Waals surface area contributed by atoms with E-state index in [-0.39, 0.29) is 0 Å². The van der Waals surface area contributed by atoms with Gasteiger partial charge in [-0.05, 0) is 47.9 Å². The van der Waals surface area contributed by atoms with Crippen molar-refractivity contribution >= 4 is 22.9 Å². The van der Waals surface area contributed by atoms with Gasteiger partial charge in [0, 0.05) is 0 Å². The first-order valence-corrected chi connectivity index (χ1v) is 9.55. The minimum atomic E-state index is 0.378. The summed E-state index contributed by atoms with van der Waals surface area (Å²) in [5, 5.41) is 3.38. The van der Waals surface area contributed by atoms with Gasteiger partial charge in [-0.2, -0.15) is 0 Å². The summed E-state index contributed by atoms with van der Waals surface area (Å²) in [5.41, 5.74) is 7.46. The minimum absolute atomic E-state index is 0.378. The predicted octanol–water partition coefficient (Wildman–Crippen LogP) is 6.49. The molecule has 0 amide bonds. The van der Waals surface area contributed by atoms with Gasteiger partial charge < -0.3 is 14.5 Å². The molecule has 0 unspecified atom stereocenters. The summed E-state index contributed by atoms with van der Waals surface area (Å²) in [6.45, 7) is 12.8. The molecule has 1 N–H and O–H groups in total. The third-order valence-corrected chi connectivity index (χ3v) is 5.15. The number of nitrogens with one attached hydrogen (secondary N) is 1. The number of rotatable bonds is 3. The Bertz CT molecular complexity index is 1060. The molecule has 3 aromatic rings. The molecule has 27 heavy (non-hydrogen) atoms. The highest BCUT2D eigenvalue weighted by Gasteiger charge is 2.24. The monoisotopic (exact) mass is 362 g/mol. The van der Waals surface area contributed by atoms with E-state index in [1.54, 1.807) is 0 Å². The van der Waals surface area contributed by atoms with E-state index in [0.717, 1.165) is 33.7 Å². The summed E-state index contributed by atoms with van der Waals surface area (Å²) in [7, 11) is 0. The van der Waals surface area contributed by atoms with Gasteiger partial charge in [0.05, 0.1) is 11.8 Å². The van der Waals surface area contributed by atoms with Crippen LogP contribution in [0.5, 0.6) is 5.75 Å². The lowest BCUT2D eigenvalue weighted by Gasteiger charge is -2.10. The van der Waals surface area contributed by atoms with Crippen molar-refractivity contribution in [2.45, 2.75) is 53.4 Å². The van der Waals surface area contributed by atoms with Crippen molar-refractivity contribution < 1.29 is 9.15 Å². The maximum Gasteiger partial charge on any atom is 0.225 e. The van der Waals surface area contributed by atoms with Crippen molar-refractivity contribution in [3.05, 3.63) is 58.3 Å². The Morgan fingerprint density at radius 1 is 0.926 bits per heavy atom. The minimum Gasteiger partial charge on any atom is -0.438 e. The number of aryl methyl sites for hydroxylation is 2. The van der Waals surface area contributed by atoms with Crippen LogP contribution in [-0.2, 0) is 0 Å². The normalized spacial score (nSPS) is 14.9. The van der Waals surface area contributed by atoms with Crippen LogP contribution in [0.25, 0.3) is 17.2 Å². The Kier molecular flexibility index (Phi) is 4.22. The van der Waals surface area contributed by atoms with E-state index in [9.17, 15) is 0 Å². The van der Waals surface area contributed by atoms with Crippen molar-refractivity contribution in [2.75, 3.05) is 5.32 Å². The molecule has 1 aliphatic rings. The van der Waals surface area contributed by atoms with Crippen molar-refractivity contribution in [3.63, 3.8) is 0 Å². The molecule has 1 aliphatic heterocycles. The fourth-order valence-corrected chi connectivity index (χ4v) is 3.54. The summed E-state index contributed by atoms with van der Waals surface area (Å²) < 4.78 is 12.2. The highest BCUT2D eigenvalue weighted by atomic mass is 16.5. The Labute approximate surface area is 160 Å². The van der Waals surface area contributed by atoms with Crippen LogP contribution in [0.15, 0.2) is 34.6 Å². The van der Waals surface area contributed by atoms with Crippen LogP contribution < -0.4 is 10.1 Å². The maximum absolute atomic E-state index is 6.14. The molecule has 4 nitrogen and oxygen atoms in total. The van der Waals surface area contributed by atoms with E-state index in [4.69, 9.17) is 14.1 Å². The van der Waals surface area contributed by atoms with E-state index in [1.807, 2.05) is 6.08 Å². The predicted molar refractivity (Wildman–Crippen MR) is 110 cm³/mol. The van der Waals surface area contributed by atoms with Crippen LogP contribution in [0.2, 0.25) is 0 Å². The third-order valence-electron chi connectivity index (χ3n) is 5.15. The Morgan fingerprint density at radius 3 is 2.30 bits per heavy atom. The summed E-state index contributed by atoms with van der Waals surface area (Å²) in [4.78, 5) is 4.70. The molecule has 140 valence electrons. The molecule has 0 aliphatic carbocycles. The van der Waals surface area contributed by atoms with Crippen LogP contribution in [-0.4, -0.2) is 4.98 Å². The number of ether oxygens (including phenoxy) is 1. The van der Waals surface area contributed by atoms with E-state index in [0.29, 0.717) is 23.6 Å². The number of anilines is 1. The zero-order valence-electron chi connectivity index (χ0n) is 16.8. The van der Waals surface area contributed by atoms with Gasteiger partial charge in [-0.3, -0.25) is 0 Å². The Hall–Kier alpha value is -2.75. The number of oxazole rings is 1. The largest absolute Gasteiger partial charge is 0.438 e. The van der Waals surface area contributed by atoms with E-state index < -0.39 is 0 Å². The van der Waals surface area contributed by atoms with E-state index >= 15 is 0 Å². The number of nitrogens with zero attached hydrogens (tertiary/aromatic N) is 1. The molecular formula is C23H26N2O2. The van der Waals surface area contributed by atoms with Crippen LogP contribution in [0.1, 0.15) is 67.7 Å². The lowest BCUT2D eigenvalue weighted by molar-refractivity contribution is 0.451. The second-order valence-electron chi connectivity index (χ2n) is 7.92. The molecule has 0 saturated heterocycles.